The summed E-state index contributed by atoms with van der Waals surface area (Å²) in [4.78, 5) is 15.6. The topological polar surface area (TPSA) is 41.6 Å². The fourth-order valence-corrected chi connectivity index (χ4v) is 3.47. The average Bonchev–Trinajstić information content (AvgIpc) is 2.73. The molecule has 0 fully saturated rings. The maximum atomic E-state index is 14.4. The number of ether oxygens (including phenoxy) is 1. The lowest BCUT2D eigenvalue weighted by atomic mass is 10.0. The first-order chi connectivity index (χ1) is 14.0. The summed E-state index contributed by atoms with van der Waals surface area (Å²) in [7, 11) is 1.73. The number of hydrogen-bond acceptors (Lipinski definition) is 3. The highest BCUT2D eigenvalue weighted by Gasteiger charge is 2.18. The molecule has 0 unspecified atom stereocenters. The Morgan fingerprint density at radius 2 is 1.83 bits per heavy atom. The number of amides is 1. The number of carbonyl (C=O) groups excluding carboxylic acids is 1. The minimum Gasteiger partial charge on any atom is -0.492 e. The van der Waals surface area contributed by atoms with Crippen LogP contribution in [0.1, 0.15) is 17.3 Å². The van der Waals surface area contributed by atoms with Gasteiger partial charge in [-0.05, 0) is 54.4 Å². The fourth-order valence-electron chi connectivity index (χ4n) is 3.07. The molecule has 3 aromatic carbocycles. The molecule has 0 saturated heterocycles. The average molecular weight is 433 g/mol. The Hall–Kier alpha value is -2.76. The zero-order chi connectivity index (χ0) is 21.0. The van der Waals surface area contributed by atoms with Crippen molar-refractivity contribution in [1.29, 1.82) is 0 Å². The third-order valence-corrected chi connectivity index (χ3v) is 4.91. The molecule has 1 N–H and O–H groups in total. The first-order valence-electron chi connectivity index (χ1n) is 8.92. The van der Waals surface area contributed by atoms with Crippen LogP contribution >= 0.6 is 23.4 Å². The maximum Gasteiger partial charge on any atom is 0.265 e. The van der Waals surface area contributed by atoms with Crippen molar-refractivity contribution in [1.82, 2.24) is 4.84 Å². The molecule has 150 valence electrons. The van der Waals surface area contributed by atoms with Crippen LogP contribution in [0.5, 0.6) is 5.75 Å². The molecule has 0 atom stereocenters. The first-order valence-corrected chi connectivity index (χ1v) is 9.67. The van der Waals surface area contributed by atoms with Crippen LogP contribution in [0.4, 0.5) is 15.8 Å². The highest BCUT2D eigenvalue weighted by atomic mass is 35.5. The minimum absolute atomic E-state index is 0.267. The quantitative estimate of drug-likeness (QED) is 0.471. The third-order valence-electron chi connectivity index (χ3n) is 4.44. The predicted molar refractivity (Wildman–Crippen MR) is 116 cm³/mol. The van der Waals surface area contributed by atoms with Crippen molar-refractivity contribution in [3.05, 3.63) is 77.1 Å². The van der Waals surface area contributed by atoms with Crippen LogP contribution in [0.25, 0.3) is 11.1 Å². The Kier molecular flexibility index (Phi) is 6.62. The molecule has 0 aliphatic carbocycles. The van der Waals surface area contributed by atoms with Gasteiger partial charge < -0.3 is 9.64 Å². The molecule has 0 aromatic heterocycles. The summed E-state index contributed by atoms with van der Waals surface area (Å²) in [6.07, 6.45) is 0. The molecule has 3 aromatic rings. The normalized spacial score (nSPS) is 10.5. The summed E-state index contributed by atoms with van der Waals surface area (Å²) >= 11 is 11.6. The highest BCUT2D eigenvalue weighted by Crippen LogP contribution is 2.39. The molecule has 4 nitrogen and oxygen atoms in total. The number of halogens is 3. The first kappa shape index (κ1) is 21.0. The fraction of sp³-hybridized carbons (Fsp3) is 0.136. The van der Waals surface area contributed by atoms with E-state index in [9.17, 15) is 9.18 Å². The van der Waals surface area contributed by atoms with Gasteiger partial charge in [-0.25, -0.2) is 4.39 Å². The second-order valence-electron chi connectivity index (χ2n) is 6.25. The SMILES string of the molecule is CCOc1cc(-c2cccc(C(=O)NCl)c2)ccc1N(C)c1c(F)cccc1Cl. The smallest absolute Gasteiger partial charge is 0.265 e. The van der Waals surface area contributed by atoms with E-state index < -0.39 is 5.82 Å². The summed E-state index contributed by atoms with van der Waals surface area (Å²) in [5.74, 6) is -0.241. The Labute approximate surface area is 178 Å². The number of para-hydroxylation sites is 1. The molecule has 0 heterocycles. The van der Waals surface area contributed by atoms with Crippen LogP contribution in [-0.2, 0) is 0 Å². The molecule has 0 aliphatic heterocycles. The van der Waals surface area contributed by atoms with E-state index in [-0.39, 0.29) is 11.6 Å². The van der Waals surface area contributed by atoms with Crippen molar-refractivity contribution in [2.75, 3.05) is 18.6 Å². The summed E-state index contributed by atoms with van der Waals surface area (Å²) in [6, 6.07) is 17.2. The van der Waals surface area contributed by atoms with E-state index in [0.717, 1.165) is 11.1 Å². The Bertz CT molecular complexity index is 1020. The second kappa shape index (κ2) is 9.16. The number of rotatable bonds is 6. The lowest BCUT2D eigenvalue weighted by molar-refractivity contribution is 0.0982. The van der Waals surface area contributed by atoms with Gasteiger partial charge in [0.15, 0.2) is 0 Å². The standard InChI is InChI=1S/C22H19Cl2FN2O2/c1-3-29-20-13-15(14-6-4-7-16(12-14)22(28)26-24)10-11-19(20)27(2)21-17(23)8-5-9-18(21)25/h4-13H,3H2,1-2H3,(H,26,28). The molecule has 29 heavy (non-hydrogen) atoms. The Morgan fingerprint density at radius 1 is 1.10 bits per heavy atom. The molecule has 0 aliphatic rings. The van der Waals surface area contributed by atoms with Crippen molar-refractivity contribution >= 4 is 40.7 Å². The summed E-state index contributed by atoms with van der Waals surface area (Å²) in [5.41, 5.74) is 3.03. The van der Waals surface area contributed by atoms with Gasteiger partial charge in [-0.3, -0.25) is 9.63 Å². The van der Waals surface area contributed by atoms with Gasteiger partial charge in [0.1, 0.15) is 11.6 Å². The van der Waals surface area contributed by atoms with Gasteiger partial charge in [0, 0.05) is 24.4 Å². The van der Waals surface area contributed by atoms with Crippen LogP contribution in [0, 0.1) is 5.82 Å². The lowest BCUT2D eigenvalue weighted by Gasteiger charge is -2.24. The monoisotopic (exact) mass is 432 g/mol. The molecular formula is C22H19Cl2FN2O2. The van der Waals surface area contributed by atoms with E-state index in [0.29, 0.717) is 28.6 Å². The van der Waals surface area contributed by atoms with E-state index in [1.807, 2.05) is 31.2 Å². The highest BCUT2D eigenvalue weighted by molar-refractivity contribution is 6.33. The number of benzene rings is 3. The van der Waals surface area contributed by atoms with E-state index in [2.05, 4.69) is 4.84 Å². The van der Waals surface area contributed by atoms with Gasteiger partial charge >= 0.3 is 0 Å². The minimum atomic E-state index is -0.425. The van der Waals surface area contributed by atoms with Crippen molar-refractivity contribution in [3.8, 4) is 16.9 Å². The van der Waals surface area contributed by atoms with E-state index in [1.54, 1.807) is 42.3 Å². The number of nitrogens with zero attached hydrogens (tertiary/aromatic N) is 1. The Morgan fingerprint density at radius 3 is 2.52 bits per heavy atom. The Balaban J connectivity index is 2.05. The third kappa shape index (κ3) is 4.47. The zero-order valence-electron chi connectivity index (χ0n) is 15.9. The molecule has 3 rings (SSSR count). The summed E-state index contributed by atoms with van der Waals surface area (Å²) in [6.45, 7) is 2.31. The lowest BCUT2D eigenvalue weighted by Crippen LogP contribution is -2.13. The van der Waals surface area contributed by atoms with Crippen molar-refractivity contribution in [3.63, 3.8) is 0 Å². The van der Waals surface area contributed by atoms with Crippen LogP contribution in [0.15, 0.2) is 60.7 Å². The van der Waals surface area contributed by atoms with Crippen molar-refractivity contribution < 1.29 is 13.9 Å². The number of anilines is 2. The van der Waals surface area contributed by atoms with Gasteiger partial charge in [0.2, 0.25) is 0 Å². The van der Waals surface area contributed by atoms with E-state index >= 15 is 0 Å². The van der Waals surface area contributed by atoms with Crippen LogP contribution < -0.4 is 14.5 Å². The number of nitrogens with one attached hydrogen (secondary N) is 1. The van der Waals surface area contributed by atoms with Gasteiger partial charge in [-0.1, -0.05) is 35.9 Å². The second-order valence-corrected chi connectivity index (χ2v) is 6.85. The van der Waals surface area contributed by atoms with Gasteiger partial charge in [0.25, 0.3) is 5.91 Å². The largest absolute Gasteiger partial charge is 0.492 e. The summed E-state index contributed by atoms with van der Waals surface area (Å²) in [5, 5.41) is 0.304. The van der Waals surface area contributed by atoms with E-state index in [1.165, 1.54) is 6.07 Å². The molecule has 1 amide bonds. The molecule has 0 bridgehead atoms. The van der Waals surface area contributed by atoms with E-state index in [4.69, 9.17) is 28.1 Å². The van der Waals surface area contributed by atoms with Gasteiger partial charge in [-0.15, -0.1) is 0 Å². The van der Waals surface area contributed by atoms with Crippen LogP contribution in [-0.4, -0.2) is 19.6 Å². The van der Waals surface area contributed by atoms with Crippen LogP contribution in [0.3, 0.4) is 0 Å². The number of hydrogen-bond donors (Lipinski definition) is 1. The van der Waals surface area contributed by atoms with Crippen molar-refractivity contribution in [2.45, 2.75) is 6.92 Å². The van der Waals surface area contributed by atoms with Crippen LogP contribution in [0.2, 0.25) is 5.02 Å². The molecular weight excluding hydrogens is 414 g/mol. The maximum absolute atomic E-state index is 14.4. The van der Waals surface area contributed by atoms with Gasteiger partial charge in [0.05, 0.1) is 23.0 Å². The zero-order valence-corrected chi connectivity index (χ0v) is 17.4. The van der Waals surface area contributed by atoms with Gasteiger partial charge in [-0.2, -0.15) is 0 Å². The number of carbonyl (C=O) groups is 1. The predicted octanol–water partition coefficient (Wildman–Crippen LogP) is 6.20. The molecule has 7 heteroatoms. The summed E-state index contributed by atoms with van der Waals surface area (Å²) < 4.78 is 20.2. The molecule has 0 spiro atoms. The molecule has 0 saturated carbocycles. The van der Waals surface area contributed by atoms with Crippen molar-refractivity contribution in [2.24, 2.45) is 0 Å². The molecule has 0 radical (unpaired) electrons.